The maximum atomic E-state index is 12.8. The number of benzene rings is 1. The van der Waals surface area contributed by atoms with E-state index < -0.39 is 5.60 Å². The number of hydrogen-bond acceptors (Lipinski definition) is 7. The Morgan fingerprint density at radius 1 is 1.10 bits per heavy atom. The van der Waals surface area contributed by atoms with Crippen LogP contribution in [0.2, 0.25) is 5.02 Å². The number of piperazine rings is 1. The van der Waals surface area contributed by atoms with Gasteiger partial charge in [-0.15, -0.1) is 10.2 Å². The van der Waals surface area contributed by atoms with E-state index in [0.29, 0.717) is 41.9 Å². The van der Waals surface area contributed by atoms with E-state index in [2.05, 4.69) is 25.3 Å². The van der Waals surface area contributed by atoms with Gasteiger partial charge in [-0.25, -0.2) is 9.64 Å². The molecule has 2 aromatic rings. The van der Waals surface area contributed by atoms with Crippen molar-refractivity contribution in [1.29, 1.82) is 0 Å². The van der Waals surface area contributed by atoms with Crippen LogP contribution >= 0.6 is 11.6 Å². The summed E-state index contributed by atoms with van der Waals surface area (Å²) in [6.07, 6.45) is 2.89. The summed E-state index contributed by atoms with van der Waals surface area (Å²) in [4.78, 5) is 32.4. The molecule has 2 heterocycles. The predicted molar refractivity (Wildman–Crippen MR) is 148 cm³/mol. The largest absolute Gasteiger partial charge is 0.490 e. The van der Waals surface area contributed by atoms with Gasteiger partial charge >= 0.3 is 6.09 Å². The Balaban J connectivity index is 1.24. The quantitative estimate of drug-likeness (QED) is 0.504. The van der Waals surface area contributed by atoms with Crippen LogP contribution in [-0.2, 0) is 4.74 Å². The highest BCUT2D eigenvalue weighted by Gasteiger charge is 2.31. The Kier molecular flexibility index (Phi) is 8.80. The minimum Gasteiger partial charge on any atom is -0.490 e. The second-order valence-corrected chi connectivity index (χ2v) is 11.4. The number of anilines is 1. The monoisotopic (exact) mass is 554 g/mol. The number of carbonyl (C=O) groups excluding carboxylic acids is 2. The Hall–Kier alpha value is -3.58. The van der Waals surface area contributed by atoms with Crippen LogP contribution in [0.25, 0.3) is 4.85 Å². The molecule has 0 radical (unpaired) electrons. The van der Waals surface area contributed by atoms with Crippen LogP contribution in [0, 0.1) is 6.57 Å². The zero-order valence-corrected chi connectivity index (χ0v) is 23.6. The van der Waals surface area contributed by atoms with Gasteiger partial charge in [0.15, 0.2) is 11.5 Å². The average Bonchev–Trinajstić information content (AvgIpc) is 2.89. The molecular weight excluding hydrogens is 520 g/mol. The molecule has 1 atom stereocenters. The van der Waals surface area contributed by atoms with Gasteiger partial charge < -0.3 is 24.6 Å². The molecule has 2 fully saturated rings. The Morgan fingerprint density at radius 3 is 2.44 bits per heavy atom. The van der Waals surface area contributed by atoms with Crippen LogP contribution in [0.1, 0.15) is 63.9 Å². The van der Waals surface area contributed by atoms with Crippen LogP contribution in [0.15, 0.2) is 30.3 Å². The summed E-state index contributed by atoms with van der Waals surface area (Å²) in [6.45, 7) is 16.4. The fourth-order valence-electron chi connectivity index (χ4n) is 4.80. The molecule has 4 rings (SSSR count). The summed E-state index contributed by atoms with van der Waals surface area (Å²) in [5.41, 5.74) is 0.138. The Morgan fingerprint density at radius 2 is 1.85 bits per heavy atom. The molecule has 1 aliphatic heterocycles. The van der Waals surface area contributed by atoms with Crippen LogP contribution in [0.5, 0.6) is 5.75 Å². The third-order valence-electron chi connectivity index (χ3n) is 6.81. The van der Waals surface area contributed by atoms with E-state index in [0.717, 1.165) is 25.7 Å². The molecule has 2 aliphatic rings. The standard InChI is InChI=1S/C28H35ClN6O4/c1-18-17-34(14-15-35(18)27(37)39-28(2,3)4)25-13-12-24(32-33-25)26(36)31-19-6-8-20(9-7-19)38-21-10-11-23(30-5)22(29)16-21/h10-13,16,18-20H,6-9,14-15,17H2,1-4H3,(H,31,36)/t18-,19?,20?/m1/s1. The summed E-state index contributed by atoms with van der Waals surface area (Å²) >= 11 is 6.11. The molecular formula is C28H35ClN6O4. The third kappa shape index (κ3) is 7.51. The lowest BCUT2D eigenvalue weighted by molar-refractivity contribution is 0.0158. The Labute approximate surface area is 234 Å². The maximum absolute atomic E-state index is 12.8. The number of amides is 2. The summed E-state index contributed by atoms with van der Waals surface area (Å²) in [5, 5.41) is 11.9. The third-order valence-corrected chi connectivity index (χ3v) is 7.12. The van der Waals surface area contributed by atoms with Gasteiger partial charge in [0.25, 0.3) is 5.91 Å². The smallest absolute Gasteiger partial charge is 0.410 e. The van der Waals surface area contributed by atoms with Crippen LogP contribution < -0.4 is 15.0 Å². The number of nitrogens with zero attached hydrogens (tertiary/aromatic N) is 5. The van der Waals surface area contributed by atoms with E-state index in [1.165, 1.54) is 0 Å². The Bertz CT molecular complexity index is 1220. The van der Waals surface area contributed by atoms with Crippen LogP contribution in [0.4, 0.5) is 16.3 Å². The van der Waals surface area contributed by atoms with E-state index in [-0.39, 0.29) is 35.9 Å². The highest BCUT2D eigenvalue weighted by molar-refractivity contribution is 6.33. The van der Waals surface area contributed by atoms with E-state index in [9.17, 15) is 9.59 Å². The molecule has 1 saturated heterocycles. The van der Waals surface area contributed by atoms with Crippen molar-refractivity contribution in [1.82, 2.24) is 20.4 Å². The first-order valence-corrected chi connectivity index (χ1v) is 13.6. The minimum absolute atomic E-state index is 0.0326. The molecule has 10 nitrogen and oxygen atoms in total. The molecule has 208 valence electrons. The number of ether oxygens (including phenoxy) is 2. The van der Waals surface area contributed by atoms with E-state index >= 15 is 0 Å². The zero-order chi connectivity index (χ0) is 28.2. The number of aromatic nitrogens is 2. The molecule has 0 spiro atoms. The molecule has 11 heteroatoms. The SMILES string of the molecule is [C-]#[N+]c1ccc(OC2CCC(NC(=O)c3ccc(N4CCN(C(=O)OC(C)(C)C)[C@H](C)C4)nn3)CC2)cc1Cl. The topological polar surface area (TPSA) is 101 Å². The van der Waals surface area contributed by atoms with Gasteiger partial charge in [-0.05, 0) is 77.6 Å². The molecule has 0 bridgehead atoms. The number of halogens is 1. The summed E-state index contributed by atoms with van der Waals surface area (Å²) in [5.74, 6) is 1.07. The first kappa shape index (κ1) is 28.4. The first-order chi connectivity index (χ1) is 18.5. The van der Waals surface area contributed by atoms with Crippen molar-refractivity contribution in [3.8, 4) is 5.75 Å². The lowest BCUT2D eigenvalue weighted by Gasteiger charge is -2.40. The van der Waals surface area contributed by atoms with Gasteiger partial charge in [-0.1, -0.05) is 17.7 Å². The summed E-state index contributed by atoms with van der Waals surface area (Å²) < 4.78 is 11.5. The molecule has 1 N–H and O–H groups in total. The number of hydrogen-bond donors (Lipinski definition) is 1. The predicted octanol–water partition coefficient (Wildman–Crippen LogP) is 5.25. The number of rotatable bonds is 5. The fraction of sp³-hybridized carbons (Fsp3) is 0.536. The van der Waals surface area contributed by atoms with Crippen molar-refractivity contribution < 1.29 is 19.1 Å². The van der Waals surface area contributed by atoms with Crippen molar-refractivity contribution in [3.05, 3.63) is 52.5 Å². The summed E-state index contributed by atoms with van der Waals surface area (Å²) in [7, 11) is 0. The molecule has 39 heavy (non-hydrogen) atoms. The lowest BCUT2D eigenvalue weighted by Crippen LogP contribution is -2.55. The number of nitrogens with one attached hydrogen (secondary N) is 1. The van der Waals surface area contributed by atoms with Gasteiger partial charge in [0.05, 0.1) is 17.7 Å². The van der Waals surface area contributed by atoms with Crippen molar-refractivity contribution >= 4 is 35.1 Å². The van der Waals surface area contributed by atoms with Crippen molar-refractivity contribution in [2.45, 2.75) is 77.2 Å². The van der Waals surface area contributed by atoms with E-state index in [1.807, 2.05) is 27.7 Å². The molecule has 1 saturated carbocycles. The van der Waals surface area contributed by atoms with Crippen molar-refractivity contribution in [2.75, 3.05) is 24.5 Å². The average molecular weight is 555 g/mol. The van der Waals surface area contributed by atoms with Gasteiger partial charge in [0, 0.05) is 31.7 Å². The first-order valence-electron chi connectivity index (χ1n) is 13.2. The molecule has 1 aliphatic carbocycles. The summed E-state index contributed by atoms with van der Waals surface area (Å²) in [6, 6.07) is 8.57. The zero-order valence-electron chi connectivity index (χ0n) is 22.8. The van der Waals surface area contributed by atoms with E-state index in [4.69, 9.17) is 27.6 Å². The molecule has 0 unspecified atom stereocenters. The highest BCUT2D eigenvalue weighted by Crippen LogP contribution is 2.31. The second-order valence-electron chi connectivity index (χ2n) is 11.0. The normalized spacial score (nSPS) is 21.6. The van der Waals surface area contributed by atoms with Crippen LogP contribution in [-0.4, -0.2) is 70.5 Å². The molecule has 1 aromatic heterocycles. The molecule has 1 aromatic carbocycles. The van der Waals surface area contributed by atoms with Crippen LogP contribution in [0.3, 0.4) is 0 Å². The maximum Gasteiger partial charge on any atom is 0.410 e. The minimum atomic E-state index is -0.537. The van der Waals surface area contributed by atoms with E-state index in [1.54, 1.807) is 35.2 Å². The van der Waals surface area contributed by atoms with Gasteiger partial charge in [-0.2, -0.15) is 0 Å². The molecule has 2 amide bonds. The van der Waals surface area contributed by atoms with Crippen molar-refractivity contribution in [2.24, 2.45) is 0 Å². The van der Waals surface area contributed by atoms with Gasteiger partial charge in [-0.3, -0.25) is 4.79 Å². The lowest BCUT2D eigenvalue weighted by atomic mass is 9.93. The van der Waals surface area contributed by atoms with Gasteiger partial charge in [0.2, 0.25) is 5.69 Å². The highest BCUT2D eigenvalue weighted by atomic mass is 35.5. The van der Waals surface area contributed by atoms with Gasteiger partial charge in [0.1, 0.15) is 11.4 Å². The van der Waals surface area contributed by atoms with Crippen molar-refractivity contribution in [3.63, 3.8) is 0 Å². The second kappa shape index (κ2) is 12.1. The fourth-order valence-corrected chi connectivity index (χ4v) is 5.01. The number of carbonyl (C=O) groups is 2.